The van der Waals surface area contributed by atoms with Crippen molar-refractivity contribution in [2.75, 3.05) is 0 Å². The van der Waals surface area contributed by atoms with Gasteiger partial charge in [-0.2, -0.15) is 0 Å². The molecule has 0 saturated heterocycles. The first kappa shape index (κ1) is 13.4. The van der Waals surface area contributed by atoms with E-state index in [1.807, 2.05) is 18.2 Å². The molecule has 0 saturated carbocycles. The van der Waals surface area contributed by atoms with E-state index in [-0.39, 0.29) is 0 Å². The van der Waals surface area contributed by atoms with Crippen LogP contribution >= 0.6 is 34.8 Å². The van der Waals surface area contributed by atoms with Crippen LogP contribution in [0.2, 0.25) is 15.2 Å². The lowest BCUT2D eigenvalue weighted by atomic mass is 10.0. The van der Waals surface area contributed by atoms with Crippen LogP contribution in [0.5, 0.6) is 0 Å². The maximum atomic E-state index is 6.20. The molecule has 20 heavy (non-hydrogen) atoms. The average Bonchev–Trinajstić information content (AvgIpc) is 2.86. The second-order valence-electron chi connectivity index (χ2n) is 4.00. The van der Waals surface area contributed by atoms with E-state index in [0.717, 1.165) is 16.8 Å². The van der Waals surface area contributed by atoms with E-state index in [9.17, 15) is 0 Å². The van der Waals surface area contributed by atoms with Gasteiger partial charge in [0.15, 0.2) is 5.15 Å². The molecule has 0 unspecified atom stereocenters. The first-order chi connectivity index (χ1) is 9.65. The number of aromatic nitrogens is 4. The van der Waals surface area contributed by atoms with Gasteiger partial charge < -0.3 is 0 Å². The van der Waals surface area contributed by atoms with Gasteiger partial charge in [-0.1, -0.05) is 40.0 Å². The SMILES string of the molecule is Clc1ccc(-n2cc(Cl)nn2)c(-c2ccncc2Cl)c1. The summed E-state index contributed by atoms with van der Waals surface area (Å²) in [7, 11) is 0. The molecule has 4 nitrogen and oxygen atoms in total. The molecule has 0 radical (unpaired) electrons. The number of pyridine rings is 1. The number of hydrogen-bond donors (Lipinski definition) is 0. The van der Waals surface area contributed by atoms with Crippen LogP contribution in [0.3, 0.4) is 0 Å². The number of rotatable bonds is 2. The molecule has 7 heteroatoms. The van der Waals surface area contributed by atoms with E-state index in [4.69, 9.17) is 34.8 Å². The van der Waals surface area contributed by atoms with Gasteiger partial charge in [-0.3, -0.25) is 4.98 Å². The van der Waals surface area contributed by atoms with Crippen molar-refractivity contribution < 1.29 is 0 Å². The monoisotopic (exact) mass is 324 g/mol. The average molecular weight is 326 g/mol. The van der Waals surface area contributed by atoms with Crippen molar-refractivity contribution in [2.45, 2.75) is 0 Å². The number of nitrogens with zero attached hydrogens (tertiary/aromatic N) is 4. The van der Waals surface area contributed by atoms with Crippen molar-refractivity contribution in [3.05, 3.63) is 58.1 Å². The van der Waals surface area contributed by atoms with Gasteiger partial charge in [-0.05, 0) is 24.3 Å². The zero-order valence-electron chi connectivity index (χ0n) is 9.96. The van der Waals surface area contributed by atoms with Crippen molar-refractivity contribution in [3.8, 4) is 16.8 Å². The van der Waals surface area contributed by atoms with Gasteiger partial charge in [0, 0.05) is 28.5 Å². The minimum atomic E-state index is 0.312. The Balaban J connectivity index is 2.24. The largest absolute Gasteiger partial charge is 0.263 e. The third-order valence-electron chi connectivity index (χ3n) is 2.73. The first-order valence-electron chi connectivity index (χ1n) is 5.63. The highest BCUT2D eigenvalue weighted by Crippen LogP contribution is 2.33. The second kappa shape index (κ2) is 5.40. The molecule has 2 heterocycles. The zero-order valence-corrected chi connectivity index (χ0v) is 12.2. The Bertz CT molecular complexity index is 770. The van der Waals surface area contributed by atoms with Crippen molar-refractivity contribution >= 4 is 34.8 Å². The van der Waals surface area contributed by atoms with E-state index < -0.39 is 0 Å². The molecule has 0 bridgehead atoms. The second-order valence-corrected chi connectivity index (χ2v) is 5.23. The smallest absolute Gasteiger partial charge is 0.171 e. The molecule has 0 N–H and O–H groups in total. The van der Waals surface area contributed by atoms with Crippen LogP contribution in [-0.4, -0.2) is 20.0 Å². The van der Waals surface area contributed by atoms with Crippen LogP contribution < -0.4 is 0 Å². The lowest BCUT2D eigenvalue weighted by Crippen LogP contribution is -1.98. The summed E-state index contributed by atoms with van der Waals surface area (Å²) in [5.74, 6) is 0. The Morgan fingerprint density at radius 2 is 1.85 bits per heavy atom. The molecular weight excluding hydrogens is 319 g/mol. The molecule has 0 spiro atoms. The van der Waals surface area contributed by atoms with Crippen LogP contribution in [0, 0.1) is 0 Å². The lowest BCUT2D eigenvalue weighted by molar-refractivity contribution is 0.804. The maximum absolute atomic E-state index is 6.20. The Morgan fingerprint density at radius 1 is 1.00 bits per heavy atom. The minimum absolute atomic E-state index is 0.312. The Labute approximate surface area is 129 Å². The maximum Gasteiger partial charge on any atom is 0.171 e. The molecule has 0 amide bonds. The third kappa shape index (κ3) is 2.50. The van der Waals surface area contributed by atoms with Crippen LogP contribution in [0.15, 0.2) is 42.9 Å². The highest BCUT2D eigenvalue weighted by atomic mass is 35.5. The summed E-state index contributed by atoms with van der Waals surface area (Å²) in [6.07, 6.45) is 4.86. The molecule has 0 aliphatic carbocycles. The topological polar surface area (TPSA) is 43.6 Å². The van der Waals surface area contributed by atoms with E-state index in [1.54, 1.807) is 29.3 Å². The summed E-state index contributed by atoms with van der Waals surface area (Å²) >= 11 is 18.1. The number of benzene rings is 1. The molecule has 1 aromatic carbocycles. The van der Waals surface area contributed by atoms with Crippen molar-refractivity contribution in [3.63, 3.8) is 0 Å². The van der Waals surface area contributed by atoms with Gasteiger partial charge in [0.25, 0.3) is 0 Å². The molecule has 0 aliphatic rings. The molecule has 0 aliphatic heterocycles. The molecule has 0 fully saturated rings. The van der Waals surface area contributed by atoms with Crippen LogP contribution in [-0.2, 0) is 0 Å². The van der Waals surface area contributed by atoms with Crippen LogP contribution in [0.4, 0.5) is 0 Å². The standard InChI is InChI=1S/C13H7Cl3N4/c14-8-1-2-12(20-7-13(16)18-19-20)10(5-8)9-3-4-17-6-11(9)15/h1-7H. The Kier molecular flexibility index (Phi) is 3.61. The third-order valence-corrected chi connectivity index (χ3v) is 3.44. The normalized spacial score (nSPS) is 10.8. The summed E-state index contributed by atoms with van der Waals surface area (Å²) in [5, 5.41) is 9.18. The van der Waals surface area contributed by atoms with Crippen LogP contribution in [0.25, 0.3) is 16.8 Å². The highest BCUT2D eigenvalue weighted by molar-refractivity contribution is 6.34. The summed E-state index contributed by atoms with van der Waals surface area (Å²) in [5.41, 5.74) is 2.42. The molecule has 3 aromatic rings. The number of halogens is 3. The fraction of sp³-hybridized carbons (Fsp3) is 0. The lowest BCUT2D eigenvalue weighted by Gasteiger charge is -2.11. The fourth-order valence-corrected chi connectivity index (χ4v) is 2.40. The van der Waals surface area contributed by atoms with Crippen molar-refractivity contribution in [2.24, 2.45) is 0 Å². The van der Waals surface area contributed by atoms with Gasteiger partial charge in [0.2, 0.25) is 0 Å². The van der Waals surface area contributed by atoms with Gasteiger partial charge in [-0.15, -0.1) is 5.10 Å². The summed E-state index contributed by atoms with van der Waals surface area (Å²) in [4.78, 5) is 3.98. The minimum Gasteiger partial charge on any atom is -0.263 e. The van der Waals surface area contributed by atoms with Gasteiger partial charge >= 0.3 is 0 Å². The van der Waals surface area contributed by atoms with Gasteiger partial charge in [0.05, 0.1) is 16.9 Å². The summed E-state index contributed by atoms with van der Waals surface area (Å²) in [6.45, 7) is 0. The zero-order chi connectivity index (χ0) is 14.1. The van der Waals surface area contributed by atoms with E-state index in [1.165, 1.54) is 0 Å². The van der Waals surface area contributed by atoms with Crippen molar-refractivity contribution in [1.29, 1.82) is 0 Å². The van der Waals surface area contributed by atoms with Gasteiger partial charge in [0.1, 0.15) is 0 Å². The Hall–Kier alpha value is -1.62. The quantitative estimate of drug-likeness (QED) is 0.706. The fourth-order valence-electron chi connectivity index (χ4n) is 1.88. The summed E-state index contributed by atoms with van der Waals surface area (Å²) in [6, 6.07) is 7.23. The van der Waals surface area contributed by atoms with Crippen molar-refractivity contribution in [1.82, 2.24) is 20.0 Å². The van der Waals surface area contributed by atoms with E-state index in [0.29, 0.717) is 15.2 Å². The molecule has 3 rings (SSSR count). The van der Waals surface area contributed by atoms with Gasteiger partial charge in [-0.25, -0.2) is 4.68 Å². The van der Waals surface area contributed by atoms with E-state index >= 15 is 0 Å². The predicted molar refractivity (Wildman–Crippen MR) is 79.6 cm³/mol. The molecule has 2 aromatic heterocycles. The molecule has 0 atom stereocenters. The predicted octanol–water partition coefficient (Wildman–Crippen LogP) is 4.29. The summed E-state index contributed by atoms with van der Waals surface area (Å²) < 4.78 is 1.57. The molecular formula is C13H7Cl3N4. The Morgan fingerprint density at radius 3 is 2.55 bits per heavy atom. The first-order valence-corrected chi connectivity index (χ1v) is 6.76. The molecule has 100 valence electrons. The van der Waals surface area contributed by atoms with E-state index in [2.05, 4.69) is 15.3 Å². The highest BCUT2D eigenvalue weighted by Gasteiger charge is 2.12. The number of hydrogen-bond acceptors (Lipinski definition) is 3. The van der Waals surface area contributed by atoms with Crippen LogP contribution in [0.1, 0.15) is 0 Å².